The van der Waals surface area contributed by atoms with Gasteiger partial charge < -0.3 is 5.32 Å². The van der Waals surface area contributed by atoms with Crippen LogP contribution >= 0.6 is 12.6 Å². The van der Waals surface area contributed by atoms with Gasteiger partial charge in [-0.1, -0.05) is 6.42 Å². The smallest absolute Gasteiger partial charge is 0.00398 e. The Bertz CT molecular complexity index is 149. The summed E-state index contributed by atoms with van der Waals surface area (Å²) in [6, 6.07) is 0. The summed E-state index contributed by atoms with van der Waals surface area (Å²) in [4.78, 5) is 0. The van der Waals surface area contributed by atoms with E-state index in [0.29, 0.717) is 0 Å². The Morgan fingerprint density at radius 1 is 1.25 bits per heavy atom. The van der Waals surface area contributed by atoms with E-state index in [9.17, 15) is 0 Å². The molecule has 70 valence electrons. The van der Waals surface area contributed by atoms with Crippen LogP contribution in [0.15, 0.2) is 0 Å². The molecule has 2 saturated carbocycles. The van der Waals surface area contributed by atoms with Crippen molar-refractivity contribution in [2.45, 2.75) is 25.7 Å². The average Bonchev–Trinajstić information content (AvgIpc) is 2.65. The topological polar surface area (TPSA) is 12.0 Å². The minimum atomic E-state index is 0.973. The zero-order valence-electron chi connectivity index (χ0n) is 7.63. The number of nitrogens with one attached hydrogen (secondary N) is 1. The van der Waals surface area contributed by atoms with E-state index in [1.165, 1.54) is 32.2 Å². The third-order valence-electron chi connectivity index (χ3n) is 3.58. The molecule has 0 heterocycles. The summed E-state index contributed by atoms with van der Waals surface area (Å²) in [5.74, 6) is 4.14. The lowest BCUT2D eigenvalue weighted by Gasteiger charge is -2.21. The summed E-state index contributed by atoms with van der Waals surface area (Å²) in [7, 11) is 0. The second-order valence-corrected chi connectivity index (χ2v) is 4.81. The largest absolute Gasteiger partial charge is 0.316 e. The molecule has 2 fully saturated rings. The second kappa shape index (κ2) is 4.01. The molecular weight excluding hydrogens is 166 g/mol. The molecule has 0 radical (unpaired) electrons. The average molecular weight is 185 g/mol. The molecular formula is C10H19NS. The third kappa shape index (κ3) is 1.80. The van der Waals surface area contributed by atoms with Crippen molar-refractivity contribution in [1.82, 2.24) is 5.32 Å². The van der Waals surface area contributed by atoms with Crippen molar-refractivity contribution in [3.05, 3.63) is 0 Å². The van der Waals surface area contributed by atoms with Gasteiger partial charge in [0.2, 0.25) is 0 Å². The Balaban J connectivity index is 1.69. The van der Waals surface area contributed by atoms with Crippen molar-refractivity contribution in [3.63, 3.8) is 0 Å². The lowest BCUT2D eigenvalue weighted by atomic mass is 9.89. The summed E-state index contributed by atoms with van der Waals surface area (Å²) in [6.07, 6.45) is 6.07. The highest BCUT2D eigenvalue weighted by molar-refractivity contribution is 7.80. The van der Waals surface area contributed by atoms with Crippen LogP contribution in [-0.4, -0.2) is 18.8 Å². The van der Waals surface area contributed by atoms with Gasteiger partial charge in [0.15, 0.2) is 0 Å². The molecule has 2 rings (SSSR count). The second-order valence-electron chi connectivity index (χ2n) is 4.36. The van der Waals surface area contributed by atoms with Gasteiger partial charge in [0, 0.05) is 12.3 Å². The van der Waals surface area contributed by atoms with Crippen molar-refractivity contribution in [2.24, 2.45) is 17.8 Å². The van der Waals surface area contributed by atoms with Gasteiger partial charge in [0.05, 0.1) is 0 Å². The van der Waals surface area contributed by atoms with E-state index in [1.807, 2.05) is 0 Å². The number of fused-ring (bicyclic) bond motifs is 2. The summed E-state index contributed by atoms with van der Waals surface area (Å²) >= 11 is 4.19. The fraction of sp³-hybridized carbons (Fsp3) is 1.00. The first-order valence-electron chi connectivity index (χ1n) is 5.21. The fourth-order valence-corrected chi connectivity index (χ4v) is 3.15. The summed E-state index contributed by atoms with van der Waals surface area (Å²) in [5.41, 5.74) is 0. The maximum absolute atomic E-state index is 4.19. The van der Waals surface area contributed by atoms with Gasteiger partial charge in [-0.05, 0) is 43.6 Å². The first-order chi connectivity index (χ1) is 5.90. The van der Waals surface area contributed by atoms with Crippen molar-refractivity contribution >= 4 is 12.6 Å². The molecule has 1 N–H and O–H groups in total. The Morgan fingerprint density at radius 3 is 2.75 bits per heavy atom. The monoisotopic (exact) mass is 185 g/mol. The molecule has 0 aliphatic heterocycles. The van der Waals surface area contributed by atoms with Crippen molar-refractivity contribution in [1.29, 1.82) is 0 Å². The van der Waals surface area contributed by atoms with Gasteiger partial charge >= 0.3 is 0 Å². The highest BCUT2D eigenvalue weighted by atomic mass is 32.1. The van der Waals surface area contributed by atoms with E-state index in [2.05, 4.69) is 17.9 Å². The highest BCUT2D eigenvalue weighted by Gasteiger charge is 2.38. The van der Waals surface area contributed by atoms with E-state index >= 15 is 0 Å². The van der Waals surface area contributed by atoms with Crippen LogP contribution in [0.1, 0.15) is 25.7 Å². The van der Waals surface area contributed by atoms with Crippen LogP contribution in [-0.2, 0) is 0 Å². The minimum Gasteiger partial charge on any atom is -0.316 e. The molecule has 2 heteroatoms. The van der Waals surface area contributed by atoms with Crippen LogP contribution in [0, 0.1) is 17.8 Å². The molecule has 1 nitrogen and oxygen atoms in total. The van der Waals surface area contributed by atoms with E-state index in [0.717, 1.165) is 30.1 Å². The normalized spacial score (nSPS) is 39.2. The van der Waals surface area contributed by atoms with E-state index < -0.39 is 0 Å². The van der Waals surface area contributed by atoms with Crippen LogP contribution in [0.3, 0.4) is 0 Å². The maximum Gasteiger partial charge on any atom is 0.00398 e. The molecule has 0 unspecified atom stereocenters. The molecule has 0 amide bonds. The Hall–Kier alpha value is 0.310. The van der Waals surface area contributed by atoms with Gasteiger partial charge in [-0.25, -0.2) is 0 Å². The molecule has 0 aromatic heterocycles. The van der Waals surface area contributed by atoms with Gasteiger partial charge in [0.1, 0.15) is 0 Å². The molecule has 0 aromatic carbocycles. The number of rotatable bonds is 4. The predicted molar refractivity (Wildman–Crippen MR) is 55.7 cm³/mol. The zero-order valence-corrected chi connectivity index (χ0v) is 8.52. The van der Waals surface area contributed by atoms with Crippen molar-refractivity contribution < 1.29 is 0 Å². The molecule has 2 aliphatic rings. The van der Waals surface area contributed by atoms with E-state index in [4.69, 9.17) is 0 Å². The molecule has 12 heavy (non-hydrogen) atoms. The highest BCUT2D eigenvalue weighted by Crippen LogP contribution is 2.47. The quantitative estimate of drug-likeness (QED) is 0.504. The molecule has 0 saturated heterocycles. The summed E-state index contributed by atoms with van der Waals surface area (Å²) in [6.45, 7) is 2.33. The van der Waals surface area contributed by atoms with Crippen LogP contribution in [0.2, 0.25) is 0 Å². The minimum absolute atomic E-state index is 0.973. The van der Waals surface area contributed by atoms with Crippen LogP contribution in [0.4, 0.5) is 0 Å². The summed E-state index contributed by atoms with van der Waals surface area (Å²) in [5, 5.41) is 3.49. The lowest BCUT2D eigenvalue weighted by Crippen LogP contribution is -2.27. The third-order valence-corrected chi connectivity index (χ3v) is 3.80. The Kier molecular flexibility index (Phi) is 2.97. The molecule has 2 bridgehead atoms. The standard InChI is InChI=1S/C10H19NS/c12-4-3-11-7-10-6-8-1-2-9(10)5-8/h8-12H,1-7H2/t8-,9-,10-/m0/s1. The lowest BCUT2D eigenvalue weighted by molar-refractivity contribution is 0.321. The Labute approximate surface area is 80.7 Å². The Morgan fingerprint density at radius 2 is 2.17 bits per heavy atom. The van der Waals surface area contributed by atoms with Gasteiger partial charge in [0.25, 0.3) is 0 Å². The van der Waals surface area contributed by atoms with Crippen molar-refractivity contribution in [3.8, 4) is 0 Å². The predicted octanol–water partition coefficient (Wildman–Crippen LogP) is 1.94. The number of hydrogen-bond acceptors (Lipinski definition) is 2. The fourth-order valence-electron chi connectivity index (χ4n) is 2.99. The molecule has 0 spiro atoms. The van der Waals surface area contributed by atoms with E-state index in [1.54, 1.807) is 0 Å². The van der Waals surface area contributed by atoms with Crippen molar-refractivity contribution in [2.75, 3.05) is 18.8 Å². The number of hydrogen-bond donors (Lipinski definition) is 2. The van der Waals surface area contributed by atoms with Crippen LogP contribution in [0.25, 0.3) is 0 Å². The first kappa shape index (κ1) is 8.89. The maximum atomic E-state index is 4.19. The zero-order chi connectivity index (χ0) is 8.39. The van der Waals surface area contributed by atoms with E-state index in [-0.39, 0.29) is 0 Å². The molecule has 0 aromatic rings. The molecule has 3 atom stereocenters. The van der Waals surface area contributed by atoms with Gasteiger partial charge in [-0.2, -0.15) is 12.6 Å². The first-order valence-corrected chi connectivity index (χ1v) is 5.85. The van der Waals surface area contributed by atoms with Gasteiger partial charge in [-0.15, -0.1) is 0 Å². The van der Waals surface area contributed by atoms with Gasteiger partial charge in [-0.3, -0.25) is 0 Å². The number of thiol groups is 1. The SMILES string of the molecule is SCCNC[C@@H]1C[C@H]2CC[C@H]1C2. The van der Waals surface area contributed by atoms with Crippen LogP contribution < -0.4 is 5.32 Å². The summed E-state index contributed by atoms with van der Waals surface area (Å²) < 4.78 is 0. The molecule has 2 aliphatic carbocycles. The van der Waals surface area contributed by atoms with Crippen LogP contribution in [0.5, 0.6) is 0 Å².